The number of nitrogens with one attached hydrogen (secondary N) is 1. The van der Waals surface area contributed by atoms with Gasteiger partial charge in [0.15, 0.2) is 0 Å². The largest absolute Gasteiger partial charge is 0.481 e. The summed E-state index contributed by atoms with van der Waals surface area (Å²) in [6.07, 6.45) is 3.02. The predicted molar refractivity (Wildman–Crippen MR) is 67.8 cm³/mol. The third kappa shape index (κ3) is 2.94. The highest BCUT2D eigenvalue weighted by atomic mass is 16.5. The number of H-pyrrole nitrogens is 1. The van der Waals surface area contributed by atoms with Gasteiger partial charge < -0.3 is 9.72 Å². The normalized spacial score (nSPS) is 10.3. The van der Waals surface area contributed by atoms with Crippen LogP contribution >= 0.6 is 0 Å². The number of hydrogen-bond acceptors (Lipinski definition) is 4. The van der Waals surface area contributed by atoms with Crippen molar-refractivity contribution in [2.45, 2.75) is 19.8 Å². The first-order valence-electron chi connectivity index (χ1n) is 5.79. The van der Waals surface area contributed by atoms with Crippen LogP contribution in [0.2, 0.25) is 0 Å². The van der Waals surface area contributed by atoms with Gasteiger partial charge >= 0.3 is 0 Å². The van der Waals surface area contributed by atoms with E-state index < -0.39 is 0 Å². The lowest BCUT2D eigenvalue weighted by molar-refractivity contribution is 0.397. The summed E-state index contributed by atoms with van der Waals surface area (Å²) in [5.74, 6) is 1.23. The Bertz CT molecular complexity index is 576. The Kier molecular flexibility index (Phi) is 3.72. The molecule has 0 spiro atoms. The van der Waals surface area contributed by atoms with E-state index in [9.17, 15) is 4.79 Å². The van der Waals surface area contributed by atoms with Crippen molar-refractivity contribution in [3.05, 3.63) is 51.8 Å². The molecule has 5 heteroatoms. The van der Waals surface area contributed by atoms with E-state index in [2.05, 4.69) is 15.0 Å². The number of aryl methyl sites for hydroxylation is 1. The lowest BCUT2D eigenvalue weighted by Gasteiger charge is -2.04. The monoisotopic (exact) mass is 245 g/mol. The Labute approximate surface area is 105 Å². The second-order valence-electron chi connectivity index (χ2n) is 3.92. The minimum atomic E-state index is -0.113. The van der Waals surface area contributed by atoms with Crippen molar-refractivity contribution in [2.24, 2.45) is 0 Å². The second-order valence-corrected chi connectivity index (χ2v) is 3.92. The molecule has 0 fully saturated rings. The standard InChI is InChI=1S/C13H15N3O2/c1-3-10-7-12(17)16-11(15-10)6-9-4-5-13(18-2)14-8-9/h4-5,7-8H,3,6H2,1-2H3,(H,15,16,17). The van der Waals surface area contributed by atoms with E-state index in [1.165, 1.54) is 6.07 Å². The van der Waals surface area contributed by atoms with Gasteiger partial charge in [-0.05, 0) is 12.0 Å². The highest BCUT2D eigenvalue weighted by Crippen LogP contribution is 2.09. The highest BCUT2D eigenvalue weighted by Gasteiger charge is 2.02. The summed E-state index contributed by atoms with van der Waals surface area (Å²) in [5.41, 5.74) is 1.67. The van der Waals surface area contributed by atoms with Crippen LogP contribution < -0.4 is 10.3 Å². The zero-order valence-electron chi connectivity index (χ0n) is 10.4. The fourth-order valence-electron chi connectivity index (χ4n) is 1.66. The zero-order chi connectivity index (χ0) is 13.0. The number of rotatable bonds is 4. The Hall–Kier alpha value is -2.17. The van der Waals surface area contributed by atoms with E-state index in [0.717, 1.165) is 17.7 Å². The van der Waals surface area contributed by atoms with Crippen molar-refractivity contribution < 1.29 is 4.74 Å². The molecule has 0 aliphatic rings. The van der Waals surface area contributed by atoms with Gasteiger partial charge in [0.05, 0.1) is 7.11 Å². The molecule has 0 saturated carbocycles. The highest BCUT2D eigenvalue weighted by molar-refractivity contribution is 5.21. The minimum absolute atomic E-state index is 0.113. The van der Waals surface area contributed by atoms with E-state index in [1.54, 1.807) is 19.4 Å². The topological polar surface area (TPSA) is 67.9 Å². The van der Waals surface area contributed by atoms with Crippen LogP contribution in [0, 0.1) is 0 Å². The van der Waals surface area contributed by atoms with Crippen molar-refractivity contribution in [2.75, 3.05) is 7.11 Å². The predicted octanol–water partition coefficient (Wildman–Crippen LogP) is 1.33. The van der Waals surface area contributed by atoms with Gasteiger partial charge in [-0.15, -0.1) is 0 Å². The molecule has 0 aromatic carbocycles. The van der Waals surface area contributed by atoms with Crippen LogP contribution in [0.25, 0.3) is 0 Å². The molecule has 0 aliphatic carbocycles. The van der Waals surface area contributed by atoms with Gasteiger partial charge in [0.25, 0.3) is 5.56 Å². The molecule has 0 atom stereocenters. The number of ether oxygens (including phenoxy) is 1. The number of aromatic nitrogens is 3. The maximum atomic E-state index is 11.4. The molecule has 2 aromatic heterocycles. The fourth-order valence-corrected chi connectivity index (χ4v) is 1.66. The molecule has 0 unspecified atom stereocenters. The Morgan fingerprint density at radius 3 is 2.83 bits per heavy atom. The van der Waals surface area contributed by atoms with Gasteiger partial charge in [-0.2, -0.15) is 0 Å². The third-order valence-corrected chi connectivity index (χ3v) is 2.58. The Morgan fingerprint density at radius 2 is 2.22 bits per heavy atom. The number of hydrogen-bond donors (Lipinski definition) is 1. The zero-order valence-corrected chi connectivity index (χ0v) is 10.4. The number of methoxy groups -OCH3 is 1. The lowest BCUT2D eigenvalue weighted by atomic mass is 10.2. The minimum Gasteiger partial charge on any atom is -0.481 e. The van der Waals surface area contributed by atoms with Crippen LogP contribution in [0.3, 0.4) is 0 Å². The molecule has 0 amide bonds. The smallest absolute Gasteiger partial charge is 0.251 e. The van der Waals surface area contributed by atoms with Crippen molar-refractivity contribution >= 4 is 0 Å². The molecule has 5 nitrogen and oxygen atoms in total. The number of aromatic amines is 1. The molecule has 0 bridgehead atoms. The maximum absolute atomic E-state index is 11.4. The van der Waals surface area contributed by atoms with Crippen molar-refractivity contribution in [3.63, 3.8) is 0 Å². The van der Waals surface area contributed by atoms with Crippen LogP contribution in [0.1, 0.15) is 24.0 Å². The summed E-state index contributed by atoms with van der Waals surface area (Å²) in [5, 5.41) is 0. The molecule has 2 heterocycles. The van der Waals surface area contributed by atoms with Gasteiger partial charge in [-0.1, -0.05) is 13.0 Å². The number of pyridine rings is 1. The quantitative estimate of drug-likeness (QED) is 0.882. The average Bonchev–Trinajstić information content (AvgIpc) is 2.39. The molecular weight excluding hydrogens is 230 g/mol. The van der Waals surface area contributed by atoms with Crippen LogP contribution in [-0.4, -0.2) is 22.1 Å². The summed E-state index contributed by atoms with van der Waals surface area (Å²) in [6.45, 7) is 1.97. The summed E-state index contributed by atoms with van der Waals surface area (Å²) in [6, 6.07) is 5.22. The van der Waals surface area contributed by atoms with Gasteiger partial charge in [-0.25, -0.2) is 9.97 Å². The molecule has 2 rings (SSSR count). The van der Waals surface area contributed by atoms with Gasteiger partial charge in [0.1, 0.15) is 5.82 Å². The van der Waals surface area contributed by atoms with E-state index >= 15 is 0 Å². The number of nitrogens with zero attached hydrogens (tertiary/aromatic N) is 2. The van der Waals surface area contributed by atoms with Crippen LogP contribution in [0.15, 0.2) is 29.2 Å². The molecule has 2 aromatic rings. The van der Waals surface area contributed by atoms with Crippen LogP contribution in [-0.2, 0) is 12.8 Å². The summed E-state index contributed by atoms with van der Waals surface area (Å²) >= 11 is 0. The SMILES string of the molecule is CCc1cc(=O)[nH]c(Cc2ccc(OC)nc2)n1. The van der Waals surface area contributed by atoms with Gasteiger partial charge in [0, 0.05) is 30.4 Å². The first kappa shape index (κ1) is 12.3. The molecule has 0 aliphatic heterocycles. The van der Waals surface area contributed by atoms with Crippen LogP contribution in [0.5, 0.6) is 5.88 Å². The van der Waals surface area contributed by atoms with E-state index in [-0.39, 0.29) is 5.56 Å². The first-order valence-corrected chi connectivity index (χ1v) is 5.79. The van der Waals surface area contributed by atoms with E-state index in [4.69, 9.17) is 4.74 Å². The molecule has 1 N–H and O–H groups in total. The van der Waals surface area contributed by atoms with Gasteiger partial charge in [0.2, 0.25) is 5.88 Å². The molecule has 18 heavy (non-hydrogen) atoms. The fraction of sp³-hybridized carbons (Fsp3) is 0.308. The molecule has 0 saturated heterocycles. The summed E-state index contributed by atoms with van der Waals surface area (Å²) in [4.78, 5) is 22.7. The molecule has 0 radical (unpaired) electrons. The summed E-state index contributed by atoms with van der Waals surface area (Å²) < 4.78 is 4.99. The first-order chi connectivity index (χ1) is 8.71. The lowest BCUT2D eigenvalue weighted by Crippen LogP contribution is -2.12. The average molecular weight is 245 g/mol. The molecule has 94 valence electrons. The third-order valence-electron chi connectivity index (χ3n) is 2.58. The molecular formula is C13H15N3O2. The van der Waals surface area contributed by atoms with E-state index in [1.807, 2.05) is 13.0 Å². The van der Waals surface area contributed by atoms with Crippen molar-refractivity contribution in [3.8, 4) is 5.88 Å². The van der Waals surface area contributed by atoms with E-state index in [0.29, 0.717) is 18.1 Å². The second kappa shape index (κ2) is 5.44. The Balaban J connectivity index is 2.22. The van der Waals surface area contributed by atoms with Gasteiger partial charge in [-0.3, -0.25) is 4.79 Å². The van der Waals surface area contributed by atoms with Crippen molar-refractivity contribution in [1.29, 1.82) is 0 Å². The summed E-state index contributed by atoms with van der Waals surface area (Å²) in [7, 11) is 1.58. The van der Waals surface area contributed by atoms with Crippen LogP contribution in [0.4, 0.5) is 0 Å². The maximum Gasteiger partial charge on any atom is 0.251 e. The Morgan fingerprint density at radius 1 is 1.39 bits per heavy atom. The van der Waals surface area contributed by atoms with Crippen molar-refractivity contribution in [1.82, 2.24) is 15.0 Å².